The molecule has 0 heterocycles. The number of carbonyl (C=O) groups excluding carboxylic acids is 1. The number of anilines is 1. The van der Waals surface area contributed by atoms with Crippen LogP contribution in [0.1, 0.15) is 28.4 Å². The highest BCUT2D eigenvalue weighted by atomic mass is 79.9. The second-order valence-corrected chi connectivity index (χ2v) is 5.68. The number of amides is 1. The summed E-state index contributed by atoms with van der Waals surface area (Å²) in [5.41, 5.74) is 3.54. The molecule has 2 aromatic rings. The second kappa shape index (κ2) is 6.76. The second-order valence-electron chi connectivity index (χ2n) is 4.76. The van der Waals surface area contributed by atoms with E-state index in [0.29, 0.717) is 11.3 Å². The van der Waals surface area contributed by atoms with E-state index in [0.717, 1.165) is 27.7 Å². The quantitative estimate of drug-likeness (QED) is 0.878. The SMILES string of the molecule is CCc1cc(Br)cc(C)c1NC(=O)c1ccccc1OC. The van der Waals surface area contributed by atoms with Gasteiger partial charge < -0.3 is 10.1 Å². The Labute approximate surface area is 133 Å². The predicted octanol–water partition coefficient (Wildman–Crippen LogP) is 4.58. The molecule has 0 atom stereocenters. The minimum Gasteiger partial charge on any atom is -0.496 e. The lowest BCUT2D eigenvalue weighted by molar-refractivity contribution is 0.102. The summed E-state index contributed by atoms with van der Waals surface area (Å²) < 4.78 is 6.26. The van der Waals surface area contributed by atoms with Gasteiger partial charge in [-0.25, -0.2) is 0 Å². The van der Waals surface area contributed by atoms with Crippen LogP contribution in [0.2, 0.25) is 0 Å². The third-order valence-corrected chi connectivity index (χ3v) is 3.81. The van der Waals surface area contributed by atoms with E-state index < -0.39 is 0 Å². The topological polar surface area (TPSA) is 38.3 Å². The van der Waals surface area contributed by atoms with Gasteiger partial charge >= 0.3 is 0 Å². The summed E-state index contributed by atoms with van der Waals surface area (Å²) in [4.78, 5) is 12.5. The lowest BCUT2D eigenvalue weighted by atomic mass is 10.1. The van der Waals surface area contributed by atoms with Gasteiger partial charge in [0.2, 0.25) is 0 Å². The Bertz CT molecular complexity index is 668. The number of hydrogen-bond acceptors (Lipinski definition) is 2. The smallest absolute Gasteiger partial charge is 0.259 e. The molecule has 0 saturated carbocycles. The fraction of sp³-hybridized carbons (Fsp3) is 0.235. The van der Waals surface area contributed by atoms with Crippen LogP contribution in [0, 0.1) is 6.92 Å². The first-order valence-corrected chi connectivity index (χ1v) is 7.59. The molecule has 3 nitrogen and oxygen atoms in total. The van der Waals surface area contributed by atoms with Gasteiger partial charge in [0.15, 0.2) is 0 Å². The van der Waals surface area contributed by atoms with Crippen molar-refractivity contribution in [1.29, 1.82) is 0 Å². The molecule has 0 fully saturated rings. The maximum atomic E-state index is 12.5. The summed E-state index contributed by atoms with van der Waals surface area (Å²) in [6.45, 7) is 4.06. The predicted molar refractivity (Wildman–Crippen MR) is 89.2 cm³/mol. The van der Waals surface area contributed by atoms with Gasteiger partial charge in [-0.2, -0.15) is 0 Å². The molecule has 1 N–H and O–H groups in total. The van der Waals surface area contributed by atoms with Crippen LogP contribution in [-0.4, -0.2) is 13.0 Å². The number of carbonyl (C=O) groups is 1. The Morgan fingerprint density at radius 3 is 2.67 bits per heavy atom. The molecule has 110 valence electrons. The van der Waals surface area contributed by atoms with E-state index in [9.17, 15) is 4.79 Å². The maximum Gasteiger partial charge on any atom is 0.259 e. The number of benzene rings is 2. The van der Waals surface area contributed by atoms with Crippen molar-refractivity contribution in [2.24, 2.45) is 0 Å². The minimum atomic E-state index is -0.160. The zero-order chi connectivity index (χ0) is 15.4. The molecular weight excluding hydrogens is 330 g/mol. The molecule has 0 aromatic heterocycles. The Hall–Kier alpha value is -1.81. The van der Waals surface area contributed by atoms with Crippen LogP contribution >= 0.6 is 15.9 Å². The Morgan fingerprint density at radius 1 is 1.29 bits per heavy atom. The number of rotatable bonds is 4. The van der Waals surface area contributed by atoms with Crippen LogP contribution in [0.3, 0.4) is 0 Å². The molecule has 1 amide bonds. The van der Waals surface area contributed by atoms with Crippen molar-refractivity contribution in [2.75, 3.05) is 12.4 Å². The molecular formula is C17H18BrNO2. The van der Waals surface area contributed by atoms with Crippen LogP contribution in [0.5, 0.6) is 5.75 Å². The molecule has 0 aliphatic rings. The molecule has 0 bridgehead atoms. The zero-order valence-electron chi connectivity index (χ0n) is 12.4. The number of aryl methyl sites for hydroxylation is 2. The van der Waals surface area contributed by atoms with Crippen molar-refractivity contribution in [3.8, 4) is 5.75 Å². The summed E-state index contributed by atoms with van der Waals surface area (Å²) in [5, 5.41) is 3.01. The van der Waals surface area contributed by atoms with Gasteiger partial charge in [-0.3, -0.25) is 4.79 Å². The Morgan fingerprint density at radius 2 is 2.00 bits per heavy atom. The molecule has 2 aromatic carbocycles. The number of halogens is 1. The van der Waals surface area contributed by atoms with E-state index in [1.54, 1.807) is 19.2 Å². The van der Waals surface area contributed by atoms with Crippen molar-refractivity contribution in [2.45, 2.75) is 20.3 Å². The monoisotopic (exact) mass is 347 g/mol. The highest BCUT2D eigenvalue weighted by molar-refractivity contribution is 9.10. The standard InChI is InChI=1S/C17H18BrNO2/c1-4-12-10-13(18)9-11(2)16(12)19-17(20)14-7-5-6-8-15(14)21-3/h5-10H,4H2,1-3H3,(H,19,20). The fourth-order valence-corrected chi connectivity index (χ4v) is 2.90. The van der Waals surface area contributed by atoms with E-state index in [1.165, 1.54) is 0 Å². The van der Waals surface area contributed by atoms with E-state index in [2.05, 4.69) is 28.2 Å². The number of ether oxygens (including phenoxy) is 1. The van der Waals surface area contributed by atoms with Crippen LogP contribution in [0.15, 0.2) is 40.9 Å². The summed E-state index contributed by atoms with van der Waals surface area (Å²) in [5.74, 6) is 0.412. The molecule has 21 heavy (non-hydrogen) atoms. The first kappa shape index (κ1) is 15.6. The molecule has 2 rings (SSSR count). The summed E-state index contributed by atoms with van der Waals surface area (Å²) >= 11 is 3.49. The lowest BCUT2D eigenvalue weighted by Gasteiger charge is -2.15. The zero-order valence-corrected chi connectivity index (χ0v) is 14.0. The number of methoxy groups -OCH3 is 1. The molecule has 0 saturated heterocycles. The van der Waals surface area contributed by atoms with Crippen molar-refractivity contribution in [3.05, 3.63) is 57.6 Å². The first-order chi connectivity index (χ1) is 10.1. The van der Waals surface area contributed by atoms with Gasteiger partial charge in [0.25, 0.3) is 5.91 Å². The summed E-state index contributed by atoms with van der Waals surface area (Å²) in [7, 11) is 1.56. The van der Waals surface area contributed by atoms with Crippen LogP contribution in [0.25, 0.3) is 0 Å². The molecule has 0 aliphatic carbocycles. The third-order valence-electron chi connectivity index (χ3n) is 3.35. The highest BCUT2D eigenvalue weighted by Gasteiger charge is 2.15. The van der Waals surface area contributed by atoms with Crippen molar-refractivity contribution < 1.29 is 9.53 Å². The lowest BCUT2D eigenvalue weighted by Crippen LogP contribution is -2.15. The van der Waals surface area contributed by atoms with Gasteiger partial charge in [0.05, 0.1) is 12.7 Å². The minimum absolute atomic E-state index is 0.160. The van der Waals surface area contributed by atoms with Gasteiger partial charge in [0.1, 0.15) is 5.75 Å². The number of nitrogens with one attached hydrogen (secondary N) is 1. The van der Waals surface area contributed by atoms with Gasteiger partial charge in [-0.15, -0.1) is 0 Å². The van der Waals surface area contributed by atoms with E-state index in [1.807, 2.05) is 31.2 Å². The van der Waals surface area contributed by atoms with Crippen LogP contribution < -0.4 is 10.1 Å². The molecule has 0 radical (unpaired) electrons. The van der Waals surface area contributed by atoms with Crippen molar-refractivity contribution in [1.82, 2.24) is 0 Å². The normalized spacial score (nSPS) is 10.3. The average Bonchev–Trinajstić information content (AvgIpc) is 2.49. The van der Waals surface area contributed by atoms with Crippen LogP contribution in [0.4, 0.5) is 5.69 Å². The average molecular weight is 348 g/mol. The maximum absolute atomic E-state index is 12.5. The summed E-state index contributed by atoms with van der Waals surface area (Å²) in [6.07, 6.45) is 0.849. The van der Waals surface area contributed by atoms with E-state index in [-0.39, 0.29) is 5.91 Å². The highest BCUT2D eigenvalue weighted by Crippen LogP contribution is 2.28. The largest absolute Gasteiger partial charge is 0.496 e. The van der Waals surface area contributed by atoms with Crippen molar-refractivity contribution in [3.63, 3.8) is 0 Å². The van der Waals surface area contributed by atoms with Crippen molar-refractivity contribution >= 4 is 27.5 Å². The Kier molecular flexibility index (Phi) is 5.02. The van der Waals surface area contributed by atoms with Gasteiger partial charge in [0, 0.05) is 10.2 Å². The Balaban J connectivity index is 2.36. The third kappa shape index (κ3) is 3.45. The number of hydrogen-bond donors (Lipinski definition) is 1. The first-order valence-electron chi connectivity index (χ1n) is 6.80. The van der Waals surface area contributed by atoms with E-state index in [4.69, 9.17) is 4.74 Å². The van der Waals surface area contributed by atoms with E-state index >= 15 is 0 Å². The molecule has 0 aliphatic heterocycles. The summed E-state index contributed by atoms with van der Waals surface area (Å²) in [6, 6.07) is 11.2. The fourth-order valence-electron chi connectivity index (χ4n) is 2.28. The molecule has 0 unspecified atom stereocenters. The molecule has 0 spiro atoms. The van der Waals surface area contributed by atoms with Gasteiger partial charge in [-0.05, 0) is 48.7 Å². The molecule has 4 heteroatoms. The number of para-hydroxylation sites is 1. The van der Waals surface area contributed by atoms with Gasteiger partial charge in [-0.1, -0.05) is 35.0 Å². The van der Waals surface area contributed by atoms with Crippen LogP contribution in [-0.2, 0) is 6.42 Å².